The average Bonchev–Trinajstić information content (AvgIpc) is 3.70. The zero-order valence-electron chi connectivity index (χ0n) is 21.4. The van der Waals surface area contributed by atoms with Crippen LogP contribution in [0.4, 0.5) is 11.4 Å². The molecule has 3 N–H and O–H groups in total. The molecule has 0 aromatic heterocycles. The summed E-state index contributed by atoms with van der Waals surface area (Å²) in [6.07, 6.45) is 10.3. The summed E-state index contributed by atoms with van der Waals surface area (Å²) in [5.74, 6) is 0.0742. The minimum Gasteiger partial charge on any atom is -0.478 e. The number of carboxylic acids is 1. The number of para-hydroxylation sites is 1. The van der Waals surface area contributed by atoms with Gasteiger partial charge in [-0.2, -0.15) is 10.6 Å². The fourth-order valence-electron chi connectivity index (χ4n) is 5.36. The third-order valence-corrected chi connectivity index (χ3v) is 9.39. The van der Waals surface area contributed by atoms with Crippen molar-refractivity contribution in [1.29, 1.82) is 0 Å². The van der Waals surface area contributed by atoms with Crippen molar-refractivity contribution < 1.29 is 23.7 Å². The molecule has 1 saturated carbocycles. The molecule has 0 unspecified atom stereocenters. The molecule has 2 aliphatic rings. The molecule has 0 atom stereocenters. The van der Waals surface area contributed by atoms with E-state index in [0.29, 0.717) is 22.3 Å². The molecule has 1 aliphatic heterocycles. The van der Waals surface area contributed by atoms with Gasteiger partial charge in [0, 0.05) is 35.0 Å². The van der Waals surface area contributed by atoms with Gasteiger partial charge in [-0.05, 0) is 49.8 Å². The largest absolute Gasteiger partial charge is 0.478 e. The minimum atomic E-state index is -3.14. The molecular formula is C29H39NO5S. The number of carbonyl (C=O) groups is 1. The lowest BCUT2D eigenvalue weighted by Crippen LogP contribution is -2.37. The second kappa shape index (κ2) is 11.3. The van der Waals surface area contributed by atoms with E-state index in [9.17, 15) is 13.9 Å². The Morgan fingerprint density at radius 2 is 1.78 bits per heavy atom. The number of aliphatic carboxylic acids is 1. The SMILES string of the molecule is CCCCC1(CCCC)CN(c2ccccc2)c2cc(C3CC3)c(OC=CC(=O)O)cc2S(O)(O)C1. The van der Waals surface area contributed by atoms with Crippen molar-refractivity contribution in [3.63, 3.8) is 0 Å². The van der Waals surface area contributed by atoms with E-state index in [-0.39, 0.29) is 5.41 Å². The molecular weight excluding hydrogens is 474 g/mol. The highest BCUT2D eigenvalue weighted by molar-refractivity contribution is 8.24. The minimum absolute atomic E-state index is 0.232. The maximum Gasteiger partial charge on any atom is 0.331 e. The second-order valence-corrected chi connectivity index (χ2v) is 12.4. The summed E-state index contributed by atoms with van der Waals surface area (Å²) < 4.78 is 29.3. The number of nitrogens with zero attached hydrogens (tertiary/aromatic N) is 1. The lowest BCUT2D eigenvalue weighted by atomic mass is 9.79. The molecule has 0 radical (unpaired) electrons. The Bertz CT molecular complexity index is 1070. The Kier molecular flexibility index (Phi) is 8.33. The van der Waals surface area contributed by atoms with Crippen molar-refractivity contribution in [2.24, 2.45) is 5.41 Å². The lowest BCUT2D eigenvalue weighted by molar-refractivity contribution is -0.131. The highest BCUT2D eigenvalue weighted by Gasteiger charge is 2.43. The van der Waals surface area contributed by atoms with Crippen LogP contribution in [-0.4, -0.2) is 32.5 Å². The Morgan fingerprint density at radius 1 is 1.11 bits per heavy atom. The van der Waals surface area contributed by atoms with Gasteiger partial charge in [-0.25, -0.2) is 4.79 Å². The van der Waals surface area contributed by atoms with Crippen molar-refractivity contribution >= 4 is 27.9 Å². The van der Waals surface area contributed by atoms with Crippen LogP contribution in [-0.2, 0) is 4.79 Å². The summed E-state index contributed by atoms with van der Waals surface area (Å²) in [6.45, 7) is 5.09. The first-order valence-electron chi connectivity index (χ1n) is 13.1. The van der Waals surface area contributed by atoms with Crippen LogP contribution >= 0.6 is 10.6 Å². The monoisotopic (exact) mass is 513 g/mol. The van der Waals surface area contributed by atoms with Crippen LogP contribution in [0.15, 0.2) is 59.7 Å². The number of carboxylic acid groups (broad SMARTS) is 1. The van der Waals surface area contributed by atoms with Crippen molar-refractivity contribution in [2.75, 3.05) is 17.2 Å². The predicted octanol–water partition coefficient (Wildman–Crippen LogP) is 8.17. The average molecular weight is 514 g/mol. The second-order valence-electron chi connectivity index (χ2n) is 10.3. The Balaban J connectivity index is 1.88. The van der Waals surface area contributed by atoms with Gasteiger partial charge in [-0.1, -0.05) is 57.7 Å². The number of hydrogen-bond donors (Lipinski definition) is 3. The van der Waals surface area contributed by atoms with Crippen LogP contribution < -0.4 is 9.64 Å². The van der Waals surface area contributed by atoms with Crippen LogP contribution in [0.5, 0.6) is 5.75 Å². The number of rotatable bonds is 11. The van der Waals surface area contributed by atoms with E-state index in [1.807, 2.05) is 18.2 Å². The number of unbranched alkanes of at least 4 members (excludes halogenated alkanes) is 2. The molecule has 7 heteroatoms. The maximum atomic E-state index is 11.7. The molecule has 0 spiro atoms. The molecule has 4 rings (SSSR count). The van der Waals surface area contributed by atoms with Crippen molar-refractivity contribution in [3.8, 4) is 5.75 Å². The summed E-state index contributed by atoms with van der Waals surface area (Å²) in [5.41, 5.74) is 2.63. The van der Waals surface area contributed by atoms with Gasteiger partial charge in [0.2, 0.25) is 0 Å². The Labute approximate surface area is 216 Å². The van der Waals surface area contributed by atoms with E-state index in [0.717, 1.165) is 80.9 Å². The van der Waals surface area contributed by atoms with Crippen LogP contribution in [0.3, 0.4) is 0 Å². The summed E-state index contributed by atoms with van der Waals surface area (Å²) in [4.78, 5) is 13.8. The quantitative estimate of drug-likeness (QED) is 0.207. The van der Waals surface area contributed by atoms with E-state index in [1.54, 1.807) is 6.07 Å². The zero-order chi connectivity index (χ0) is 25.8. The summed E-state index contributed by atoms with van der Waals surface area (Å²) in [7, 11) is -3.14. The maximum absolute atomic E-state index is 11.7. The number of anilines is 2. The number of ether oxygens (including phenoxy) is 1. The number of hydrogen-bond acceptors (Lipinski definition) is 5. The van der Waals surface area contributed by atoms with Gasteiger partial charge >= 0.3 is 5.97 Å². The topological polar surface area (TPSA) is 90.2 Å². The first-order valence-corrected chi connectivity index (χ1v) is 14.8. The van der Waals surface area contributed by atoms with Crippen molar-refractivity contribution in [1.82, 2.24) is 0 Å². The van der Waals surface area contributed by atoms with Gasteiger partial charge < -0.3 is 14.7 Å². The van der Waals surface area contributed by atoms with Gasteiger partial charge in [0.05, 0.1) is 22.9 Å². The van der Waals surface area contributed by atoms with Crippen molar-refractivity contribution in [3.05, 3.63) is 60.4 Å². The summed E-state index contributed by atoms with van der Waals surface area (Å²) >= 11 is 0. The lowest BCUT2D eigenvalue weighted by Gasteiger charge is -2.42. The van der Waals surface area contributed by atoms with Crippen LogP contribution in [0, 0.1) is 5.41 Å². The van der Waals surface area contributed by atoms with Crippen molar-refractivity contribution in [2.45, 2.75) is 76.0 Å². The molecule has 1 fully saturated rings. The summed E-state index contributed by atoms with van der Waals surface area (Å²) in [6, 6.07) is 14.0. The predicted molar refractivity (Wildman–Crippen MR) is 147 cm³/mol. The van der Waals surface area contributed by atoms with Crippen LogP contribution in [0.2, 0.25) is 0 Å². The van der Waals surface area contributed by atoms with E-state index in [4.69, 9.17) is 9.84 Å². The standard InChI is InChI=1S/C29H39NO5S/c1-3-5-15-29(16-6-4-2)20-30(23-10-8-7-9-11-23)25-18-24(22-12-13-22)26(35-17-14-28(31)32)19-27(25)36(33,34)21-29/h7-11,14,17-19,22,33-34H,3-6,12-13,15-16,20-21H2,1-2H3,(H,31,32). The van der Waals surface area contributed by atoms with E-state index < -0.39 is 16.6 Å². The Morgan fingerprint density at radius 3 is 2.36 bits per heavy atom. The number of fused-ring (bicyclic) bond motifs is 1. The molecule has 0 saturated heterocycles. The van der Waals surface area contributed by atoms with Gasteiger partial charge in [-0.15, -0.1) is 0 Å². The highest BCUT2D eigenvalue weighted by atomic mass is 32.3. The number of benzene rings is 2. The molecule has 196 valence electrons. The first-order chi connectivity index (χ1) is 17.3. The molecule has 6 nitrogen and oxygen atoms in total. The molecule has 0 amide bonds. The molecule has 0 bridgehead atoms. The van der Waals surface area contributed by atoms with E-state index in [2.05, 4.69) is 36.9 Å². The normalized spacial score (nSPS) is 19.5. The van der Waals surface area contributed by atoms with Gasteiger partial charge in [-0.3, -0.25) is 9.11 Å². The van der Waals surface area contributed by atoms with Gasteiger partial charge in [0.25, 0.3) is 0 Å². The van der Waals surface area contributed by atoms with Gasteiger partial charge in [0.15, 0.2) is 0 Å². The first kappa shape index (κ1) is 26.6. The third kappa shape index (κ3) is 6.07. The molecule has 36 heavy (non-hydrogen) atoms. The molecule has 1 aliphatic carbocycles. The zero-order valence-corrected chi connectivity index (χ0v) is 22.2. The van der Waals surface area contributed by atoms with Crippen LogP contribution in [0.25, 0.3) is 0 Å². The molecule has 2 aromatic rings. The molecule has 1 heterocycles. The fourth-order valence-corrected chi connectivity index (χ4v) is 7.55. The Hall–Kier alpha value is -2.48. The van der Waals surface area contributed by atoms with Gasteiger partial charge in [0.1, 0.15) is 5.75 Å². The van der Waals surface area contributed by atoms with E-state index >= 15 is 0 Å². The molecule has 2 aromatic carbocycles. The van der Waals surface area contributed by atoms with E-state index in [1.165, 1.54) is 6.26 Å². The third-order valence-electron chi connectivity index (χ3n) is 7.35. The highest BCUT2D eigenvalue weighted by Crippen LogP contribution is 2.62. The fraction of sp³-hybridized carbons (Fsp3) is 0.483. The smallest absolute Gasteiger partial charge is 0.331 e. The van der Waals surface area contributed by atoms with Crippen LogP contribution in [0.1, 0.15) is 76.7 Å². The summed E-state index contributed by atoms with van der Waals surface area (Å²) in [5, 5.41) is 9.01.